The highest BCUT2D eigenvalue weighted by Gasteiger charge is 2.81. The van der Waals surface area contributed by atoms with Crippen LogP contribution in [0.4, 0.5) is 0 Å². The minimum absolute atomic E-state index is 0.0353. The van der Waals surface area contributed by atoms with E-state index in [0.717, 1.165) is 5.56 Å². The molecule has 0 aromatic heterocycles. The predicted octanol–water partition coefficient (Wildman–Crippen LogP) is 3.54. The Morgan fingerprint density at radius 1 is 0.721 bits per heavy atom. The molecule has 0 amide bonds. The van der Waals surface area contributed by atoms with E-state index < -0.39 is 126 Å². The molecule has 0 bridgehead atoms. The van der Waals surface area contributed by atoms with Crippen molar-refractivity contribution >= 4 is 12.0 Å². The van der Waals surface area contributed by atoms with Gasteiger partial charge in [-0.25, -0.2) is 4.79 Å². The average Bonchev–Trinajstić information content (AvgIpc) is 3.54. The lowest BCUT2D eigenvalue weighted by molar-refractivity contribution is -0.353. The molecule has 8 rings (SSSR count). The SMILES string of the molecule is CO[C@H]1[C@@H](O)[C@H](O[C@@H]2[C@@H](C)O[C@@H](O[C@H]3[C@@H](OC)C[C@H](O[C@@H]4CC[C@]5(C)[C@H](CC[C@]6(O)[C@@H]5C[C@@H](O)[C@@]5(C)[C@]6(O)CC[C@@]5(O)[C@@H](C)OC(=O)/C=C/c5ccccc5)C4)O[C@@H]3C)C[C@H]2OC)O[C@H](C)[C@H]1O. The number of ether oxygens (including phenoxy) is 10. The van der Waals surface area contributed by atoms with Crippen LogP contribution in [0.5, 0.6) is 0 Å². The van der Waals surface area contributed by atoms with Crippen LogP contribution < -0.4 is 0 Å². The molecule has 3 heterocycles. The second-order valence-corrected chi connectivity index (χ2v) is 21.5. The summed E-state index contributed by atoms with van der Waals surface area (Å²) in [5.41, 5.74) is -6.50. The Balaban J connectivity index is 0.869. The first-order valence-electron chi connectivity index (χ1n) is 24.8. The van der Waals surface area contributed by atoms with Crippen LogP contribution in [0.1, 0.15) is 111 Å². The number of esters is 1. The van der Waals surface area contributed by atoms with Gasteiger partial charge in [-0.1, -0.05) is 44.2 Å². The van der Waals surface area contributed by atoms with Gasteiger partial charge >= 0.3 is 5.97 Å². The van der Waals surface area contributed by atoms with E-state index >= 15 is 0 Å². The van der Waals surface area contributed by atoms with Crippen LogP contribution in [0.25, 0.3) is 6.08 Å². The molecule has 4 saturated carbocycles. The highest BCUT2D eigenvalue weighted by atomic mass is 16.8. The highest BCUT2D eigenvalue weighted by Crippen LogP contribution is 2.72. The fraction of sp³-hybridized carbons (Fsp3) is 0.824. The Bertz CT molecular complexity index is 1910. The summed E-state index contributed by atoms with van der Waals surface area (Å²) in [4.78, 5) is 13.0. The van der Waals surface area contributed by atoms with Gasteiger partial charge in [-0.2, -0.15) is 0 Å². The van der Waals surface area contributed by atoms with Crippen LogP contribution in [0.2, 0.25) is 0 Å². The number of fused-ring (bicyclic) bond motifs is 5. The van der Waals surface area contributed by atoms with Crippen LogP contribution in [0.3, 0.4) is 0 Å². The number of hydrogen-bond acceptors (Lipinski definition) is 17. The molecule has 7 aliphatic rings. The van der Waals surface area contributed by atoms with Gasteiger partial charge in [0, 0.05) is 40.2 Å². The van der Waals surface area contributed by atoms with E-state index in [1.54, 1.807) is 41.1 Å². The Morgan fingerprint density at radius 3 is 1.99 bits per heavy atom. The Morgan fingerprint density at radius 2 is 1.35 bits per heavy atom. The molecule has 1 aromatic rings. The fourth-order valence-electron chi connectivity index (χ4n) is 14.0. The number of rotatable bonds is 13. The van der Waals surface area contributed by atoms with Crippen molar-refractivity contribution in [2.45, 2.75) is 221 Å². The van der Waals surface area contributed by atoms with E-state index in [1.165, 1.54) is 13.2 Å². The van der Waals surface area contributed by atoms with Gasteiger partial charge in [0.25, 0.3) is 0 Å². The monoisotopic (exact) mass is 963 g/mol. The van der Waals surface area contributed by atoms with Crippen LogP contribution in [0.15, 0.2) is 36.4 Å². The van der Waals surface area contributed by atoms with Crippen molar-refractivity contribution in [3.05, 3.63) is 42.0 Å². The molecule has 7 fully saturated rings. The first kappa shape index (κ1) is 52.2. The zero-order valence-corrected chi connectivity index (χ0v) is 41.2. The number of carbonyl (C=O) groups excluding carboxylic acids is 1. The lowest BCUT2D eigenvalue weighted by Crippen LogP contribution is -2.79. The van der Waals surface area contributed by atoms with Crippen molar-refractivity contribution in [1.29, 1.82) is 0 Å². The number of methoxy groups -OCH3 is 3. The van der Waals surface area contributed by atoms with Crippen molar-refractivity contribution in [3.8, 4) is 0 Å². The van der Waals surface area contributed by atoms with Gasteiger partial charge in [-0.15, -0.1) is 0 Å². The van der Waals surface area contributed by atoms with E-state index in [4.69, 9.17) is 47.4 Å². The van der Waals surface area contributed by atoms with Crippen LogP contribution >= 0.6 is 0 Å². The van der Waals surface area contributed by atoms with E-state index in [1.807, 2.05) is 44.2 Å². The molecular formula is C51H78O17. The van der Waals surface area contributed by atoms with Gasteiger partial charge in [0.1, 0.15) is 47.8 Å². The molecule has 3 aliphatic heterocycles. The minimum atomic E-state index is -1.86. The summed E-state index contributed by atoms with van der Waals surface area (Å²) in [6, 6.07) is 9.31. The molecule has 17 heteroatoms. The Kier molecular flexibility index (Phi) is 15.4. The third kappa shape index (κ3) is 8.84. The number of aliphatic hydroxyl groups excluding tert-OH is 3. The molecule has 0 radical (unpaired) electrons. The van der Waals surface area contributed by atoms with Crippen molar-refractivity contribution < 1.29 is 82.8 Å². The summed E-state index contributed by atoms with van der Waals surface area (Å²) in [5, 5.41) is 71.7. The summed E-state index contributed by atoms with van der Waals surface area (Å²) in [6.45, 7) is 10.9. The second kappa shape index (κ2) is 20.0. The zero-order valence-electron chi connectivity index (χ0n) is 41.2. The molecule has 68 heavy (non-hydrogen) atoms. The third-order valence-electron chi connectivity index (χ3n) is 18.2. The van der Waals surface area contributed by atoms with Crippen LogP contribution in [-0.2, 0) is 52.2 Å². The molecule has 3 saturated heterocycles. The number of benzene rings is 1. The molecular weight excluding hydrogens is 885 g/mol. The number of aliphatic hydroxyl groups is 6. The van der Waals surface area contributed by atoms with Crippen molar-refractivity contribution in [1.82, 2.24) is 0 Å². The van der Waals surface area contributed by atoms with Crippen molar-refractivity contribution in [2.24, 2.45) is 22.7 Å². The fourth-order valence-corrected chi connectivity index (χ4v) is 14.0. The van der Waals surface area contributed by atoms with E-state index in [9.17, 15) is 35.4 Å². The van der Waals surface area contributed by atoms with Gasteiger partial charge < -0.3 is 78.0 Å². The Labute approximate surface area is 400 Å². The molecule has 0 unspecified atom stereocenters. The highest BCUT2D eigenvalue weighted by molar-refractivity contribution is 5.87. The average molecular weight is 963 g/mol. The minimum Gasteiger partial charge on any atom is -0.456 e. The second-order valence-electron chi connectivity index (χ2n) is 21.5. The van der Waals surface area contributed by atoms with E-state index in [2.05, 4.69) is 6.92 Å². The summed E-state index contributed by atoms with van der Waals surface area (Å²) in [5.74, 6) is -0.994. The number of carbonyl (C=O) groups is 1. The number of hydrogen-bond donors (Lipinski definition) is 6. The lowest BCUT2D eigenvalue weighted by atomic mass is 9.40. The molecule has 23 atom stereocenters. The van der Waals surface area contributed by atoms with Gasteiger partial charge in [-0.3, -0.25) is 0 Å². The molecule has 4 aliphatic carbocycles. The first-order chi connectivity index (χ1) is 32.2. The topological polar surface area (TPSA) is 231 Å². The summed E-state index contributed by atoms with van der Waals surface area (Å²) >= 11 is 0. The van der Waals surface area contributed by atoms with E-state index in [-0.39, 0.29) is 43.8 Å². The quantitative estimate of drug-likeness (QED) is 0.0944. The zero-order chi connectivity index (χ0) is 49.1. The van der Waals surface area contributed by atoms with E-state index in [0.29, 0.717) is 38.5 Å². The molecule has 6 N–H and O–H groups in total. The van der Waals surface area contributed by atoms with Gasteiger partial charge in [0.05, 0.1) is 53.7 Å². The molecule has 384 valence electrons. The molecule has 0 spiro atoms. The van der Waals surface area contributed by atoms with Gasteiger partial charge in [0.15, 0.2) is 18.9 Å². The maximum absolute atomic E-state index is 13.0. The largest absolute Gasteiger partial charge is 0.456 e. The standard InChI is InChI=1S/C51H78O17/c1-27-41(54)45(61-9)42(55)46(64-27)68-44-29(3)63-40(25-35(44)60-8)67-43-28(2)62-39(24-34(43)59-7)66-33-18-19-47(5)32(23-33)17-20-50(57)36(47)26-37(52)48(6)49(56,21-22-51(48,50)58)30(4)65-38(53)16-15-31-13-11-10-12-14-31/h10-16,27-30,32-37,39-46,52,54-58H,17-26H2,1-9H3/b16-15+/t27-,28-,29-,30-,32-,33-,34+,35-,36-,37-,39+,40+,41-,42-,43-,44-,45-,46+,47-,48-,49-,50+,51-/m1/s1. The van der Waals surface area contributed by atoms with Crippen molar-refractivity contribution in [2.75, 3.05) is 21.3 Å². The lowest BCUT2D eigenvalue weighted by Gasteiger charge is -2.69. The first-order valence-corrected chi connectivity index (χ1v) is 24.8. The summed E-state index contributed by atoms with van der Waals surface area (Å²) in [7, 11) is 4.63. The molecule has 17 nitrogen and oxygen atoms in total. The maximum Gasteiger partial charge on any atom is 0.331 e. The third-order valence-corrected chi connectivity index (χ3v) is 18.2. The predicted molar refractivity (Wildman–Crippen MR) is 243 cm³/mol. The van der Waals surface area contributed by atoms with Crippen LogP contribution in [0, 0.1) is 22.7 Å². The maximum atomic E-state index is 13.0. The normalized spacial score (nSPS) is 50.0. The van der Waals surface area contributed by atoms with Crippen LogP contribution in [-0.4, -0.2) is 173 Å². The Hall–Kier alpha value is -2.17. The van der Waals surface area contributed by atoms with Crippen molar-refractivity contribution in [3.63, 3.8) is 0 Å². The van der Waals surface area contributed by atoms with Gasteiger partial charge in [-0.05, 0) is 108 Å². The molecule has 1 aromatic carbocycles. The summed E-state index contributed by atoms with van der Waals surface area (Å²) in [6.07, 6.45) is -4.62. The smallest absolute Gasteiger partial charge is 0.331 e. The summed E-state index contributed by atoms with van der Waals surface area (Å²) < 4.78 is 61.2. The van der Waals surface area contributed by atoms with Gasteiger partial charge in [0.2, 0.25) is 0 Å².